The van der Waals surface area contributed by atoms with Gasteiger partial charge in [-0.25, -0.2) is 4.79 Å². The lowest BCUT2D eigenvalue weighted by Crippen LogP contribution is -2.15. The van der Waals surface area contributed by atoms with Crippen molar-refractivity contribution in [2.24, 2.45) is 0 Å². The SMILES string of the molecule is COC(=O)c1ccc(-c2ccccc2)cc1NC(=O)c1[c]c[c]cc1. The average Bonchev–Trinajstić information content (AvgIpc) is 2.68. The standard InChI is InChI=1S/C21H15NO3/c1-25-21(24)18-13-12-17(15-8-4-2-5-9-15)14-19(18)22-20(23)16-10-6-3-7-11-16/h2,4-10,12-14H,1H3,(H,22,23). The third-order valence-corrected chi connectivity index (χ3v) is 3.68. The highest BCUT2D eigenvalue weighted by molar-refractivity contribution is 6.08. The number of anilines is 1. The molecular weight excluding hydrogens is 314 g/mol. The Morgan fingerprint density at radius 1 is 1.00 bits per heavy atom. The molecule has 0 unspecified atom stereocenters. The van der Waals surface area contributed by atoms with Crippen LogP contribution in [0.2, 0.25) is 0 Å². The zero-order valence-corrected chi connectivity index (χ0v) is 13.6. The van der Waals surface area contributed by atoms with Crippen LogP contribution in [0.15, 0.2) is 66.7 Å². The predicted molar refractivity (Wildman–Crippen MR) is 95.3 cm³/mol. The van der Waals surface area contributed by atoms with Crippen molar-refractivity contribution in [2.45, 2.75) is 0 Å². The van der Waals surface area contributed by atoms with Gasteiger partial charge in [0.25, 0.3) is 5.91 Å². The van der Waals surface area contributed by atoms with Gasteiger partial charge in [-0.3, -0.25) is 4.79 Å². The summed E-state index contributed by atoms with van der Waals surface area (Å²) >= 11 is 0. The topological polar surface area (TPSA) is 55.4 Å². The van der Waals surface area contributed by atoms with Gasteiger partial charge in [-0.15, -0.1) is 0 Å². The molecule has 0 heterocycles. The van der Waals surface area contributed by atoms with Gasteiger partial charge in [-0.2, -0.15) is 0 Å². The third kappa shape index (κ3) is 3.75. The van der Waals surface area contributed by atoms with E-state index < -0.39 is 5.97 Å². The summed E-state index contributed by atoms with van der Waals surface area (Å²) in [6.07, 6.45) is 0. The highest BCUT2D eigenvalue weighted by Crippen LogP contribution is 2.26. The lowest BCUT2D eigenvalue weighted by molar-refractivity contribution is 0.0602. The molecule has 0 fully saturated rings. The molecule has 2 radical (unpaired) electrons. The second kappa shape index (κ2) is 7.45. The smallest absolute Gasteiger partial charge is 0.339 e. The van der Waals surface area contributed by atoms with Gasteiger partial charge in [0, 0.05) is 5.56 Å². The number of carbonyl (C=O) groups excluding carboxylic acids is 2. The van der Waals surface area contributed by atoms with Crippen molar-refractivity contribution in [1.82, 2.24) is 0 Å². The van der Waals surface area contributed by atoms with Gasteiger partial charge in [0.15, 0.2) is 0 Å². The molecule has 0 bridgehead atoms. The van der Waals surface area contributed by atoms with E-state index in [1.807, 2.05) is 36.4 Å². The molecule has 3 rings (SSSR count). The van der Waals surface area contributed by atoms with Crippen LogP contribution >= 0.6 is 0 Å². The maximum atomic E-state index is 12.4. The van der Waals surface area contributed by atoms with Gasteiger partial charge in [0.1, 0.15) is 0 Å². The van der Waals surface area contributed by atoms with Gasteiger partial charge < -0.3 is 10.1 Å². The first-order valence-corrected chi connectivity index (χ1v) is 7.66. The normalized spacial score (nSPS) is 10.1. The van der Waals surface area contributed by atoms with E-state index in [1.165, 1.54) is 13.2 Å². The number of rotatable bonds is 4. The molecule has 0 atom stereocenters. The number of methoxy groups -OCH3 is 1. The van der Waals surface area contributed by atoms with Crippen molar-refractivity contribution in [2.75, 3.05) is 12.4 Å². The number of esters is 1. The number of carbonyl (C=O) groups is 2. The molecule has 25 heavy (non-hydrogen) atoms. The van der Waals surface area contributed by atoms with E-state index in [0.717, 1.165) is 11.1 Å². The number of amides is 1. The minimum absolute atomic E-state index is 0.290. The number of hydrogen-bond donors (Lipinski definition) is 1. The quantitative estimate of drug-likeness (QED) is 0.736. The van der Waals surface area contributed by atoms with E-state index in [0.29, 0.717) is 11.3 Å². The van der Waals surface area contributed by atoms with Crippen molar-refractivity contribution in [3.63, 3.8) is 0 Å². The fraction of sp³-hybridized carbons (Fsp3) is 0.0476. The number of benzene rings is 3. The monoisotopic (exact) mass is 329 g/mol. The minimum Gasteiger partial charge on any atom is -0.465 e. The van der Waals surface area contributed by atoms with Crippen LogP contribution in [-0.2, 0) is 4.74 Å². The lowest BCUT2D eigenvalue weighted by Gasteiger charge is -2.12. The first kappa shape index (κ1) is 16.5. The third-order valence-electron chi connectivity index (χ3n) is 3.68. The average molecular weight is 329 g/mol. The first-order valence-electron chi connectivity index (χ1n) is 7.66. The Bertz CT molecular complexity index is 890. The van der Waals surface area contributed by atoms with Gasteiger partial charge >= 0.3 is 5.97 Å². The van der Waals surface area contributed by atoms with Crippen LogP contribution in [-0.4, -0.2) is 19.0 Å². The number of ether oxygens (including phenoxy) is 1. The Kier molecular flexibility index (Phi) is 4.90. The zero-order valence-electron chi connectivity index (χ0n) is 13.6. The molecule has 0 aliphatic rings. The fourth-order valence-corrected chi connectivity index (χ4v) is 2.42. The molecule has 0 saturated heterocycles. The van der Waals surface area contributed by atoms with Gasteiger partial charge in [-0.1, -0.05) is 42.5 Å². The zero-order chi connectivity index (χ0) is 17.6. The molecule has 0 aliphatic carbocycles. The van der Waals surface area contributed by atoms with Crippen LogP contribution < -0.4 is 5.32 Å². The Hall–Kier alpha value is -3.40. The van der Waals surface area contributed by atoms with Crippen LogP contribution in [0.5, 0.6) is 0 Å². The van der Waals surface area contributed by atoms with Gasteiger partial charge in [0.2, 0.25) is 0 Å². The van der Waals surface area contributed by atoms with E-state index in [1.54, 1.807) is 24.3 Å². The summed E-state index contributed by atoms with van der Waals surface area (Å²) in [6, 6.07) is 25.3. The maximum Gasteiger partial charge on any atom is 0.339 e. The highest BCUT2D eigenvalue weighted by atomic mass is 16.5. The van der Waals surface area contributed by atoms with Crippen molar-refractivity contribution in [3.8, 4) is 11.1 Å². The van der Waals surface area contributed by atoms with Crippen molar-refractivity contribution in [1.29, 1.82) is 0 Å². The summed E-state index contributed by atoms with van der Waals surface area (Å²) in [5, 5.41) is 2.77. The van der Waals surface area contributed by atoms with Crippen LogP contribution in [0.3, 0.4) is 0 Å². The summed E-state index contributed by atoms with van der Waals surface area (Å²) in [5.74, 6) is -0.871. The molecular formula is C21H15NO3. The van der Waals surface area contributed by atoms with Crippen LogP contribution in [0.25, 0.3) is 11.1 Å². The molecule has 1 amide bonds. The molecule has 0 aliphatic heterocycles. The molecule has 0 saturated carbocycles. The van der Waals surface area contributed by atoms with Crippen molar-refractivity contribution < 1.29 is 14.3 Å². The number of nitrogens with one attached hydrogen (secondary N) is 1. The Labute approximate surface area is 146 Å². The van der Waals surface area contributed by atoms with E-state index in [2.05, 4.69) is 17.4 Å². The van der Waals surface area contributed by atoms with Crippen molar-refractivity contribution in [3.05, 3.63) is 90.0 Å². The van der Waals surface area contributed by atoms with E-state index in [-0.39, 0.29) is 11.5 Å². The first-order chi connectivity index (χ1) is 12.2. The summed E-state index contributed by atoms with van der Waals surface area (Å²) < 4.78 is 4.81. The van der Waals surface area contributed by atoms with Crippen molar-refractivity contribution >= 4 is 17.6 Å². The molecule has 3 aromatic carbocycles. The molecule has 3 aromatic rings. The van der Waals surface area contributed by atoms with Gasteiger partial charge in [-0.05, 0) is 47.5 Å². The summed E-state index contributed by atoms with van der Waals surface area (Å²) in [5.41, 5.74) is 2.90. The molecule has 4 heteroatoms. The highest BCUT2D eigenvalue weighted by Gasteiger charge is 2.16. The van der Waals surface area contributed by atoms with Crippen LogP contribution in [0.1, 0.15) is 20.7 Å². The summed E-state index contributed by atoms with van der Waals surface area (Å²) in [6.45, 7) is 0. The van der Waals surface area contributed by atoms with Gasteiger partial charge in [0.05, 0.1) is 18.4 Å². The second-order valence-electron chi connectivity index (χ2n) is 5.27. The molecule has 1 N–H and O–H groups in total. The van der Waals surface area contributed by atoms with E-state index in [4.69, 9.17) is 4.74 Å². The molecule has 4 nitrogen and oxygen atoms in total. The molecule has 0 aromatic heterocycles. The Morgan fingerprint density at radius 3 is 2.48 bits per heavy atom. The second-order valence-corrected chi connectivity index (χ2v) is 5.27. The van der Waals surface area contributed by atoms with Crippen LogP contribution in [0.4, 0.5) is 5.69 Å². The Balaban J connectivity index is 1.99. The van der Waals surface area contributed by atoms with E-state index in [9.17, 15) is 9.59 Å². The number of hydrogen-bond acceptors (Lipinski definition) is 3. The molecule has 0 spiro atoms. The van der Waals surface area contributed by atoms with Crippen LogP contribution in [0, 0.1) is 12.1 Å². The maximum absolute atomic E-state index is 12.4. The molecule has 122 valence electrons. The van der Waals surface area contributed by atoms with E-state index >= 15 is 0 Å². The summed E-state index contributed by atoms with van der Waals surface area (Å²) in [4.78, 5) is 24.4. The lowest BCUT2D eigenvalue weighted by atomic mass is 10.0. The minimum atomic E-state index is -0.514. The largest absolute Gasteiger partial charge is 0.465 e. The fourth-order valence-electron chi connectivity index (χ4n) is 2.42. The predicted octanol–water partition coefficient (Wildman–Crippen LogP) is 3.99. The Morgan fingerprint density at radius 2 is 1.80 bits per heavy atom. The summed E-state index contributed by atoms with van der Waals surface area (Å²) in [7, 11) is 1.31.